The summed E-state index contributed by atoms with van der Waals surface area (Å²) in [5.74, 6) is -2.25. The lowest BCUT2D eigenvalue weighted by Crippen LogP contribution is -2.57. The summed E-state index contributed by atoms with van der Waals surface area (Å²) < 4.78 is 4.35. The van der Waals surface area contributed by atoms with Crippen LogP contribution in [0.1, 0.15) is 39.5 Å². The quantitative estimate of drug-likeness (QED) is 0.254. The topological polar surface area (TPSA) is 87.1 Å². The van der Waals surface area contributed by atoms with Gasteiger partial charge in [0.1, 0.15) is 6.04 Å². The second-order valence-corrected chi connectivity index (χ2v) is 12.7. The molecule has 1 aromatic rings. The number of nitrogens with zero attached hydrogens (tertiary/aromatic N) is 2. The first-order chi connectivity index (χ1) is 17.6. The number of thioether (sulfide) groups is 1. The van der Waals surface area contributed by atoms with Crippen molar-refractivity contribution in [3.63, 3.8) is 0 Å². The van der Waals surface area contributed by atoms with Gasteiger partial charge in [-0.25, -0.2) is 0 Å². The molecule has 3 fully saturated rings. The van der Waals surface area contributed by atoms with Gasteiger partial charge in [-0.3, -0.25) is 14.4 Å². The summed E-state index contributed by atoms with van der Waals surface area (Å²) in [5, 5.41) is 10.6. The van der Waals surface area contributed by atoms with Gasteiger partial charge in [0.2, 0.25) is 5.91 Å². The van der Waals surface area contributed by atoms with Gasteiger partial charge in [0, 0.05) is 22.0 Å². The van der Waals surface area contributed by atoms with Crippen LogP contribution in [0.3, 0.4) is 0 Å². The fraction of sp³-hybridized carbons (Fsp3) is 0.536. The molecule has 2 unspecified atom stereocenters. The van der Waals surface area contributed by atoms with E-state index in [2.05, 4.69) is 13.2 Å². The van der Waals surface area contributed by atoms with Gasteiger partial charge in [-0.15, -0.1) is 24.9 Å². The molecule has 3 aliphatic rings. The Balaban J connectivity index is 1.74. The molecule has 6 atom stereocenters. The molecule has 200 valence electrons. The first-order valence-corrected chi connectivity index (χ1v) is 13.9. The highest BCUT2D eigenvalue weighted by Crippen LogP contribution is 2.71. The lowest BCUT2D eigenvalue weighted by atomic mass is 9.66. The summed E-state index contributed by atoms with van der Waals surface area (Å²) in [6, 6.07) is 5.52. The van der Waals surface area contributed by atoms with Crippen LogP contribution in [-0.4, -0.2) is 69.1 Å². The van der Waals surface area contributed by atoms with Crippen LogP contribution in [-0.2, 0) is 19.1 Å². The van der Waals surface area contributed by atoms with Crippen LogP contribution in [0.15, 0.2) is 49.6 Å². The maximum absolute atomic E-state index is 14.4. The molecule has 2 amide bonds. The number of fused-ring (bicyclic) bond motifs is 1. The van der Waals surface area contributed by atoms with Gasteiger partial charge in [-0.2, -0.15) is 0 Å². The Morgan fingerprint density at radius 1 is 1.30 bits per heavy atom. The van der Waals surface area contributed by atoms with E-state index in [9.17, 15) is 19.5 Å². The van der Waals surface area contributed by atoms with Crippen LogP contribution in [0.5, 0.6) is 0 Å². The maximum Gasteiger partial charge on any atom is 0.311 e. The van der Waals surface area contributed by atoms with Crippen molar-refractivity contribution >= 4 is 46.8 Å². The number of esters is 1. The van der Waals surface area contributed by atoms with E-state index in [-0.39, 0.29) is 37.5 Å². The number of aliphatic hydroxyl groups excluding tert-OH is 1. The van der Waals surface area contributed by atoms with Crippen LogP contribution in [0.4, 0.5) is 5.69 Å². The van der Waals surface area contributed by atoms with Crippen LogP contribution >= 0.6 is 23.4 Å². The highest BCUT2D eigenvalue weighted by Gasteiger charge is 2.78. The summed E-state index contributed by atoms with van der Waals surface area (Å²) in [6.07, 6.45) is 6.14. The number of benzene rings is 1. The third-order valence-corrected chi connectivity index (χ3v) is 10.2. The van der Waals surface area contributed by atoms with Crippen molar-refractivity contribution in [2.75, 3.05) is 24.7 Å². The van der Waals surface area contributed by atoms with Crippen LogP contribution in [0.2, 0.25) is 5.02 Å². The van der Waals surface area contributed by atoms with E-state index in [1.54, 1.807) is 60.0 Å². The van der Waals surface area contributed by atoms with Crippen molar-refractivity contribution in [2.24, 2.45) is 11.8 Å². The van der Waals surface area contributed by atoms with E-state index in [1.807, 2.05) is 6.92 Å². The Kier molecular flexibility index (Phi) is 8.12. The molecule has 4 rings (SSSR count). The van der Waals surface area contributed by atoms with Gasteiger partial charge in [-0.1, -0.05) is 23.8 Å². The molecule has 9 heteroatoms. The van der Waals surface area contributed by atoms with E-state index in [1.165, 1.54) is 4.90 Å². The number of ether oxygens (including phenoxy) is 1. The number of hydrogen-bond acceptors (Lipinski definition) is 6. The number of anilines is 1. The second-order valence-electron chi connectivity index (χ2n) is 10.3. The molecule has 0 aliphatic carbocycles. The average molecular weight is 547 g/mol. The number of halogens is 1. The van der Waals surface area contributed by atoms with Crippen molar-refractivity contribution in [3.8, 4) is 0 Å². The minimum Gasteiger partial charge on any atom is -0.465 e. The molecular weight excluding hydrogens is 512 g/mol. The van der Waals surface area contributed by atoms with E-state index in [4.69, 9.17) is 16.3 Å². The predicted molar refractivity (Wildman–Crippen MR) is 147 cm³/mol. The van der Waals surface area contributed by atoms with Gasteiger partial charge in [0.05, 0.1) is 35.8 Å². The molecule has 0 aromatic heterocycles. The molecule has 3 saturated heterocycles. The van der Waals surface area contributed by atoms with Crippen molar-refractivity contribution < 1.29 is 24.2 Å². The lowest BCUT2D eigenvalue weighted by Gasteiger charge is -2.38. The number of carbonyl (C=O) groups excluding carboxylic acids is 3. The molecule has 1 spiro atoms. The van der Waals surface area contributed by atoms with E-state index in [0.717, 1.165) is 6.42 Å². The van der Waals surface area contributed by atoms with Gasteiger partial charge < -0.3 is 19.6 Å². The van der Waals surface area contributed by atoms with Crippen molar-refractivity contribution in [3.05, 3.63) is 54.6 Å². The van der Waals surface area contributed by atoms with Crippen molar-refractivity contribution in [1.82, 2.24) is 4.90 Å². The third-order valence-electron chi connectivity index (χ3n) is 7.95. The van der Waals surface area contributed by atoms with E-state index >= 15 is 0 Å². The monoisotopic (exact) mass is 546 g/mol. The Labute approximate surface area is 227 Å². The van der Waals surface area contributed by atoms with Gasteiger partial charge in [0.15, 0.2) is 0 Å². The zero-order chi connectivity index (χ0) is 27.0. The second kappa shape index (κ2) is 10.8. The van der Waals surface area contributed by atoms with Gasteiger partial charge in [0.25, 0.3) is 5.91 Å². The summed E-state index contributed by atoms with van der Waals surface area (Å²) in [6.45, 7) is 11.5. The van der Waals surface area contributed by atoms with E-state index in [0.29, 0.717) is 30.0 Å². The summed E-state index contributed by atoms with van der Waals surface area (Å²) in [4.78, 5) is 45.0. The van der Waals surface area contributed by atoms with Gasteiger partial charge >= 0.3 is 5.97 Å². The summed E-state index contributed by atoms with van der Waals surface area (Å²) >= 11 is 7.67. The molecule has 3 heterocycles. The molecular formula is C28H35ClN2O5S. The molecule has 1 N–H and O–H groups in total. The number of allylic oxidation sites excluding steroid dienone is 1. The number of carbonyl (C=O) groups is 3. The van der Waals surface area contributed by atoms with Crippen LogP contribution in [0.25, 0.3) is 0 Å². The maximum atomic E-state index is 14.4. The Bertz CT molecular complexity index is 1080. The van der Waals surface area contributed by atoms with Gasteiger partial charge in [-0.05, 0) is 63.8 Å². The summed E-state index contributed by atoms with van der Waals surface area (Å²) in [5.41, 5.74) is 0.639. The smallest absolute Gasteiger partial charge is 0.311 e. The fourth-order valence-corrected chi connectivity index (χ4v) is 8.73. The Morgan fingerprint density at radius 3 is 2.62 bits per heavy atom. The highest BCUT2D eigenvalue weighted by molar-refractivity contribution is 8.02. The standard InChI is InChI=1S/C28H35ClN2O5S/c1-5-7-8-16-36-26(35)22-21-24(33)31(18(3)17-32)23(28(21)14-13-27(22,4)37-28)25(34)30(15-6-2)20-11-9-19(29)10-12-20/h5-6,9-12,18,21-23,32H,1-2,7-8,13-17H2,3-4H3/t18-,21+,22+,23?,27-,28?/m1/s1. The number of likely N-dealkylation sites (tertiary alicyclic amines) is 1. The number of unbranched alkanes of at least 4 members (excludes halogenated alkanes) is 1. The summed E-state index contributed by atoms with van der Waals surface area (Å²) in [7, 11) is 0. The largest absolute Gasteiger partial charge is 0.465 e. The first kappa shape index (κ1) is 27.7. The van der Waals surface area contributed by atoms with E-state index < -0.39 is 33.4 Å². The zero-order valence-electron chi connectivity index (χ0n) is 21.4. The minimum atomic E-state index is -0.840. The zero-order valence-corrected chi connectivity index (χ0v) is 23.0. The SMILES string of the molecule is C=CCCCOC(=O)[C@@H]1[C@H]2C(=O)N([C@H](C)CO)C(C(=O)N(CC=C)c3ccc(Cl)cc3)C23CC[C@@]1(C)S3. The molecule has 2 bridgehead atoms. The minimum absolute atomic E-state index is 0.240. The van der Waals surface area contributed by atoms with Crippen molar-refractivity contribution in [2.45, 2.75) is 61.1 Å². The number of aliphatic hydroxyl groups is 1. The molecule has 0 radical (unpaired) electrons. The lowest BCUT2D eigenvalue weighted by molar-refractivity contribution is -0.156. The first-order valence-electron chi connectivity index (χ1n) is 12.7. The molecule has 3 aliphatic heterocycles. The Hall–Kier alpha value is -2.29. The predicted octanol–water partition coefficient (Wildman–Crippen LogP) is 4.23. The fourth-order valence-electron chi connectivity index (χ4n) is 6.27. The third kappa shape index (κ3) is 4.61. The van der Waals surface area contributed by atoms with Crippen LogP contribution < -0.4 is 4.90 Å². The normalized spacial score (nSPS) is 30.6. The number of hydrogen-bond donors (Lipinski definition) is 1. The Morgan fingerprint density at radius 2 is 2.00 bits per heavy atom. The molecule has 0 saturated carbocycles. The number of rotatable bonds is 11. The molecule has 1 aromatic carbocycles. The number of amides is 2. The van der Waals surface area contributed by atoms with Crippen LogP contribution in [0, 0.1) is 11.8 Å². The average Bonchev–Trinajstić information content (AvgIpc) is 3.45. The molecule has 7 nitrogen and oxygen atoms in total. The highest BCUT2D eigenvalue weighted by atomic mass is 35.5. The molecule has 37 heavy (non-hydrogen) atoms. The van der Waals surface area contributed by atoms with Crippen molar-refractivity contribution in [1.29, 1.82) is 0 Å².